The summed E-state index contributed by atoms with van der Waals surface area (Å²) in [6.45, 7) is 5.39. The SMILES string of the molecule is O=C(NS(=O)(=O)c1ccc(NCC2CCOCC2)c([N+](=O)[O-])c1)c1ccc(N2CCC3(CC2)CC(N2CCC[C@H]2c2ccccc2C2CCCC2)C3)cc1N1CCOc2nc3[nH]ccc3cc21. The lowest BCUT2D eigenvalue weighted by Gasteiger charge is -2.56. The number of pyridine rings is 1. The smallest absolute Gasteiger partial charge is 0.293 e. The summed E-state index contributed by atoms with van der Waals surface area (Å²) < 4.78 is 41.6. The Kier molecular flexibility index (Phi) is 11.8. The van der Waals surface area contributed by atoms with Gasteiger partial charge >= 0.3 is 0 Å². The Bertz CT molecular complexity index is 2770. The van der Waals surface area contributed by atoms with Crippen LogP contribution in [0.1, 0.15) is 110 Å². The lowest BCUT2D eigenvalue weighted by atomic mass is 9.59. The molecule has 67 heavy (non-hydrogen) atoms. The van der Waals surface area contributed by atoms with Gasteiger partial charge in [-0.05, 0) is 142 Å². The number of nitrogens with one attached hydrogen (secondary N) is 3. The Morgan fingerprint density at radius 1 is 0.866 bits per heavy atom. The van der Waals surface area contributed by atoms with E-state index in [9.17, 15) is 23.3 Å². The number of fused-ring (bicyclic) bond motifs is 2. The van der Waals surface area contributed by atoms with E-state index in [2.05, 4.69) is 49.1 Å². The summed E-state index contributed by atoms with van der Waals surface area (Å²) in [5.41, 5.74) is 6.28. The molecule has 3 aromatic carbocycles. The van der Waals surface area contributed by atoms with Gasteiger partial charge in [0, 0.05) is 68.3 Å². The largest absolute Gasteiger partial charge is 0.474 e. The second-order valence-electron chi connectivity index (χ2n) is 19.8. The molecule has 5 fully saturated rings. The fourth-order valence-electron chi connectivity index (χ4n) is 12.2. The Labute approximate surface area is 391 Å². The maximum Gasteiger partial charge on any atom is 0.293 e. The van der Waals surface area contributed by atoms with Gasteiger partial charge in [0.25, 0.3) is 21.6 Å². The van der Waals surface area contributed by atoms with E-state index in [1.807, 2.05) is 35.4 Å². The monoisotopic (exact) mass is 928 g/mol. The number of carbonyl (C=O) groups excluding carboxylic acids is 1. The summed E-state index contributed by atoms with van der Waals surface area (Å²) in [7, 11) is -4.54. The van der Waals surface area contributed by atoms with Crippen LogP contribution < -0.4 is 24.6 Å². The van der Waals surface area contributed by atoms with E-state index in [1.165, 1.54) is 70.0 Å². The number of rotatable bonds is 12. The number of H-pyrrole nitrogens is 1. The number of nitrogens with zero attached hydrogens (tertiary/aromatic N) is 5. The molecular weight excluding hydrogens is 869 g/mol. The molecule has 1 atom stereocenters. The lowest BCUT2D eigenvalue weighted by molar-refractivity contribution is -0.384. The Morgan fingerprint density at radius 3 is 2.45 bits per heavy atom. The van der Waals surface area contributed by atoms with Crippen LogP contribution in [0.5, 0.6) is 5.88 Å². The number of hydrogen-bond donors (Lipinski definition) is 3. The molecule has 4 aliphatic heterocycles. The lowest BCUT2D eigenvalue weighted by Crippen LogP contribution is -2.55. The third-order valence-corrected chi connectivity index (χ3v) is 17.2. The number of likely N-dealkylation sites (tertiary alicyclic amines) is 1. The van der Waals surface area contributed by atoms with Crippen molar-refractivity contribution in [3.05, 3.63) is 106 Å². The van der Waals surface area contributed by atoms with Crippen LogP contribution in [-0.2, 0) is 14.8 Å². The zero-order valence-corrected chi connectivity index (χ0v) is 38.8. The standard InChI is InChI=1S/C51H60N8O7S/c60-49(55-67(63,64)39-12-14-43(46(30-39)59(61)62)53-33-34-16-25-65-26-17-34)42-13-11-37(29-45(42)58-24-27-66-50-47(58)28-36-15-20-52-48(36)54-50)56-22-18-51(19-23-56)31-38(32-51)57-21-5-10-44(57)41-9-4-3-8-40(41)35-6-1-2-7-35/h3-4,8-9,11-15,20,28-30,34-35,38,44,53H,1-2,5-7,10,16-19,21-27,31-33H2,(H,52,54)(H,55,60)/t44-/m0/s1. The van der Waals surface area contributed by atoms with Gasteiger partial charge in [-0.2, -0.15) is 4.98 Å². The first-order valence-corrected chi connectivity index (χ1v) is 25.9. The number of sulfonamides is 1. The third kappa shape index (κ3) is 8.61. The van der Waals surface area contributed by atoms with Gasteiger partial charge in [-0.1, -0.05) is 37.1 Å². The molecule has 15 nitrogen and oxygen atoms in total. The van der Waals surface area contributed by atoms with Crippen molar-refractivity contribution in [3.63, 3.8) is 0 Å². The van der Waals surface area contributed by atoms with Gasteiger partial charge in [0.15, 0.2) is 0 Å². The average Bonchev–Trinajstić information content (AvgIpc) is 4.15. The predicted octanol–water partition coefficient (Wildman–Crippen LogP) is 9.20. The van der Waals surface area contributed by atoms with Crippen molar-refractivity contribution in [2.24, 2.45) is 11.3 Å². The van der Waals surface area contributed by atoms with Crippen LogP contribution in [0.3, 0.4) is 0 Å². The van der Waals surface area contributed by atoms with Crippen molar-refractivity contribution in [2.45, 2.75) is 99.9 Å². The first kappa shape index (κ1) is 43.8. The minimum absolute atomic E-state index is 0.142. The van der Waals surface area contributed by atoms with E-state index in [0.29, 0.717) is 79.2 Å². The average molecular weight is 929 g/mol. The molecule has 2 saturated carbocycles. The molecule has 0 bridgehead atoms. The van der Waals surface area contributed by atoms with Crippen molar-refractivity contribution in [1.29, 1.82) is 0 Å². The number of ether oxygens (including phenoxy) is 2. The van der Waals surface area contributed by atoms with E-state index in [1.54, 1.807) is 17.2 Å². The number of nitro benzene ring substituents is 1. The van der Waals surface area contributed by atoms with Crippen LogP contribution in [0.4, 0.5) is 28.4 Å². The van der Waals surface area contributed by atoms with Crippen molar-refractivity contribution in [3.8, 4) is 5.88 Å². The molecule has 5 aromatic rings. The Balaban J connectivity index is 0.823. The fourth-order valence-corrected chi connectivity index (χ4v) is 13.2. The summed E-state index contributed by atoms with van der Waals surface area (Å²) in [6, 6.07) is 23.6. The minimum atomic E-state index is -4.54. The Hall–Kier alpha value is -5.71. The highest BCUT2D eigenvalue weighted by molar-refractivity contribution is 7.90. The van der Waals surface area contributed by atoms with Crippen molar-refractivity contribution < 1.29 is 27.6 Å². The molecule has 6 aliphatic rings. The van der Waals surface area contributed by atoms with E-state index in [0.717, 1.165) is 55.9 Å². The van der Waals surface area contributed by atoms with E-state index in [-0.39, 0.29) is 27.8 Å². The van der Waals surface area contributed by atoms with Gasteiger partial charge in [-0.25, -0.2) is 13.1 Å². The maximum absolute atomic E-state index is 14.4. The summed E-state index contributed by atoms with van der Waals surface area (Å²) >= 11 is 0. The summed E-state index contributed by atoms with van der Waals surface area (Å²) in [4.78, 5) is 40.7. The zero-order valence-electron chi connectivity index (χ0n) is 38.0. The van der Waals surface area contributed by atoms with Gasteiger partial charge in [-0.3, -0.25) is 19.8 Å². The number of nitro groups is 1. The molecular formula is C51H60N8O7S. The second-order valence-corrected chi connectivity index (χ2v) is 21.5. The number of benzene rings is 3. The van der Waals surface area contributed by atoms with Crippen LogP contribution in [0.2, 0.25) is 0 Å². The normalized spacial score (nSPS) is 21.6. The van der Waals surface area contributed by atoms with Crippen LogP contribution in [0.25, 0.3) is 11.0 Å². The molecule has 352 valence electrons. The number of hydrogen-bond acceptors (Lipinski definition) is 12. The molecule has 3 N–H and O–H groups in total. The number of carbonyl (C=O) groups is 1. The third-order valence-electron chi connectivity index (χ3n) is 15.9. The van der Waals surface area contributed by atoms with Gasteiger partial charge in [0.05, 0.1) is 27.6 Å². The molecule has 1 amide bonds. The van der Waals surface area contributed by atoms with E-state index < -0.39 is 20.9 Å². The molecule has 3 saturated heterocycles. The molecule has 1 spiro atoms. The second kappa shape index (κ2) is 18.1. The van der Waals surface area contributed by atoms with Gasteiger partial charge in [0.1, 0.15) is 23.6 Å². The highest BCUT2D eigenvalue weighted by Crippen LogP contribution is 2.55. The summed E-state index contributed by atoms with van der Waals surface area (Å²) in [6.07, 6.45) is 15.9. The van der Waals surface area contributed by atoms with Gasteiger partial charge in [-0.15, -0.1) is 0 Å². The number of anilines is 4. The topological polar surface area (TPSA) is 175 Å². The Morgan fingerprint density at radius 2 is 1.66 bits per heavy atom. The highest BCUT2D eigenvalue weighted by Gasteiger charge is 2.50. The number of aromatic nitrogens is 2. The highest BCUT2D eigenvalue weighted by atomic mass is 32.2. The number of aromatic amines is 1. The number of amides is 1. The van der Waals surface area contributed by atoms with Crippen molar-refractivity contribution in [2.75, 3.05) is 67.7 Å². The van der Waals surface area contributed by atoms with Gasteiger partial charge < -0.3 is 29.6 Å². The van der Waals surface area contributed by atoms with Crippen LogP contribution in [0.15, 0.2) is 83.9 Å². The van der Waals surface area contributed by atoms with Gasteiger partial charge in [0.2, 0.25) is 5.88 Å². The molecule has 0 unspecified atom stereocenters. The molecule has 2 aromatic heterocycles. The molecule has 16 heteroatoms. The summed E-state index contributed by atoms with van der Waals surface area (Å²) in [5.74, 6) is 0.552. The predicted molar refractivity (Wildman–Crippen MR) is 258 cm³/mol. The van der Waals surface area contributed by atoms with Crippen LogP contribution in [-0.4, -0.2) is 92.7 Å². The minimum Gasteiger partial charge on any atom is -0.474 e. The first-order valence-electron chi connectivity index (χ1n) is 24.4. The van der Waals surface area contributed by atoms with Crippen LogP contribution >= 0.6 is 0 Å². The van der Waals surface area contributed by atoms with Crippen molar-refractivity contribution in [1.82, 2.24) is 19.6 Å². The van der Waals surface area contributed by atoms with Crippen molar-refractivity contribution >= 4 is 55.4 Å². The first-order chi connectivity index (χ1) is 32.6. The fraction of sp³-hybridized carbons (Fsp3) is 0.490. The van der Waals surface area contributed by atoms with Crippen LogP contribution in [0, 0.1) is 21.4 Å². The maximum atomic E-state index is 14.4. The molecule has 2 aliphatic carbocycles. The van der Waals surface area contributed by atoms with E-state index >= 15 is 0 Å². The molecule has 11 rings (SSSR count). The zero-order chi connectivity index (χ0) is 45.7. The quantitative estimate of drug-likeness (QED) is 0.0801. The summed E-state index contributed by atoms with van der Waals surface area (Å²) in [5, 5.41) is 16.2. The molecule has 6 heterocycles. The molecule has 0 radical (unpaired) electrons. The van der Waals surface area contributed by atoms with E-state index in [4.69, 9.17) is 14.5 Å². The number of piperidine rings is 1.